The summed E-state index contributed by atoms with van der Waals surface area (Å²) in [6.45, 7) is 4.23. The summed E-state index contributed by atoms with van der Waals surface area (Å²) in [4.78, 5) is 5.69. The van der Waals surface area contributed by atoms with Gasteiger partial charge in [0.2, 0.25) is 5.89 Å². The van der Waals surface area contributed by atoms with Crippen molar-refractivity contribution in [2.75, 3.05) is 0 Å². The summed E-state index contributed by atoms with van der Waals surface area (Å²) in [7, 11) is 0. The second-order valence-corrected chi connectivity index (χ2v) is 6.60. The topological polar surface area (TPSA) is 64.9 Å². The van der Waals surface area contributed by atoms with Gasteiger partial charge in [0, 0.05) is 4.90 Å². The molecule has 1 saturated carbocycles. The van der Waals surface area contributed by atoms with Crippen molar-refractivity contribution in [3.63, 3.8) is 0 Å². The maximum atomic E-state index is 6.19. The molecule has 0 aliphatic heterocycles. The van der Waals surface area contributed by atoms with Gasteiger partial charge in [0.05, 0.1) is 11.3 Å². The van der Waals surface area contributed by atoms with Gasteiger partial charge in [0.15, 0.2) is 5.82 Å². The van der Waals surface area contributed by atoms with Crippen LogP contribution in [0, 0.1) is 13.8 Å². The fourth-order valence-corrected chi connectivity index (χ4v) is 3.24. The normalized spacial score (nSPS) is 16.9. The van der Waals surface area contributed by atoms with Crippen LogP contribution in [0.4, 0.5) is 0 Å². The fourth-order valence-electron chi connectivity index (χ4n) is 2.40. The van der Waals surface area contributed by atoms with Crippen molar-refractivity contribution in [1.29, 1.82) is 0 Å². The third kappa shape index (κ3) is 2.60. The van der Waals surface area contributed by atoms with Crippen LogP contribution in [-0.4, -0.2) is 10.1 Å². The van der Waals surface area contributed by atoms with Gasteiger partial charge < -0.3 is 10.3 Å². The summed E-state index contributed by atoms with van der Waals surface area (Å²) in [5, 5.41) is 4.03. The average molecular weight is 289 g/mol. The summed E-state index contributed by atoms with van der Waals surface area (Å²) in [5.41, 5.74) is 8.41. The van der Waals surface area contributed by atoms with Gasteiger partial charge >= 0.3 is 0 Å². The Bertz CT molecular complexity index is 619. The van der Waals surface area contributed by atoms with Crippen LogP contribution in [0.3, 0.4) is 0 Å². The van der Waals surface area contributed by atoms with E-state index >= 15 is 0 Å². The molecule has 0 spiro atoms. The molecule has 106 valence electrons. The van der Waals surface area contributed by atoms with E-state index in [1.54, 1.807) is 11.8 Å². The minimum atomic E-state index is -0.341. The predicted molar refractivity (Wildman–Crippen MR) is 79.5 cm³/mol. The van der Waals surface area contributed by atoms with Crippen LogP contribution in [0.1, 0.15) is 42.1 Å². The van der Waals surface area contributed by atoms with Gasteiger partial charge in [-0.2, -0.15) is 4.98 Å². The molecular weight excluding hydrogens is 270 g/mol. The van der Waals surface area contributed by atoms with E-state index in [-0.39, 0.29) is 5.54 Å². The van der Waals surface area contributed by atoms with Crippen LogP contribution in [-0.2, 0) is 11.3 Å². The first kappa shape index (κ1) is 13.6. The van der Waals surface area contributed by atoms with Crippen molar-refractivity contribution in [3.05, 3.63) is 41.0 Å². The highest BCUT2D eigenvalue weighted by Gasteiger charge is 2.38. The first-order chi connectivity index (χ1) is 9.57. The van der Waals surface area contributed by atoms with Crippen molar-refractivity contribution in [3.8, 4) is 0 Å². The second kappa shape index (κ2) is 5.22. The van der Waals surface area contributed by atoms with Gasteiger partial charge in [-0.1, -0.05) is 22.9 Å². The molecule has 0 radical (unpaired) electrons. The highest BCUT2D eigenvalue weighted by atomic mass is 32.2. The first-order valence-electron chi connectivity index (χ1n) is 6.89. The number of benzene rings is 1. The third-order valence-corrected chi connectivity index (χ3v) is 5.00. The van der Waals surface area contributed by atoms with Crippen molar-refractivity contribution < 1.29 is 4.52 Å². The zero-order valence-corrected chi connectivity index (χ0v) is 12.7. The summed E-state index contributed by atoms with van der Waals surface area (Å²) in [6, 6.07) is 6.45. The minimum Gasteiger partial charge on any atom is -0.338 e. The molecule has 0 saturated heterocycles. The lowest BCUT2D eigenvalue weighted by Crippen LogP contribution is -2.44. The lowest BCUT2D eigenvalue weighted by molar-refractivity contribution is 0.229. The number of hydrogen-bond acceptors (Lipinski definition) is 5. The van der Waals surface area contributed by atoms with E-state index in [0.717, 1.165) is 19.3 Å². The Morgan fingerprint density at radius 2 is 2.15 bits per heavy atom. The van der Waals surface area contributed by atoms with Gasteiger partial charge in [0.1, 0.15) is 0 Å². The molecule has 3 rings (SSSR count). The Kier molecular flexibility index (Phi) is 3.56. The smallest absolute Gasteiger partial charge is 0.237 e. The van der Waals surface area contributed by atoms with Crippen LogP contribution < -0.4 is 5.73 Å². The zero-order valence-electron chi connectivity index (χ0n) is 11.8. The standard InChI is InChI=1S/C15H19N3OS/c1-10-4-5-12(11(2)8-10)20-9-13-17-14(18-19-13)15(16)6-3-7-15/h4-5,8H,3,6-7,9,16H2,1-2H3. The van der Waals surface area contributed by atoms with E-state index in [9.17, 15) is 0 Å². The van der Waals surface area contributed by atoms with Gasteiger partial charge in [0.25, 0.3) is 0 Å². The first-order valence-corrected chi connectivity index (χ1v) is 7.87. The highest BCUT2D eigenvalue weighted by molar-refractivity contribution is 7.98. The van der Waals surface area contributed by atoms with E-state index < -0.39 is 0 Å². The third-order valence-electron chi connectivity index (χ3n) is 3.84. The lowest BCUT2D eigenvalue weighted by atomic mass is 9.77. The molecule has 2 N–H and O–H groups in total. The Morgan fingerprint density at radius 3 is 2.80 bits per heavy atom. The number of hydrogen-bond donors (Lipinski definition) is 1. The summed E-state index contributed by atoms with van der Waals surface area (Å²) < 4.78 is 5.31. The molecule has 0 bridgehead atoms. The summed E-state index contributed by atoms with van der Waals surface area (Å²) in [5.74, 6) is 2.01. The molecule has 5 heteroatoms. The van der Waals surface area contributed by atoms with E-state index in [1.165, 1.54) is 16.0 Å². The van der Waals surface area contributed by atoms with Crippen LogP contribution in [0.5, 0.6) is 0 Å². The Balaban J connectivity index is 1.66. The van der Waals surface area contributed by atoms with E-state index in [2.05, 4.69) is 42.2 Å². The number of aryl methyl sites for hydroxylation is 2. The van der Waals surface area contributed by atoms with Crippen molar-refractivity contribution >= 4 is 11.8 Å². The predicted octanol–water partition coefficient (Wildman–Crippen LogP) is 3.32. The summed E-state index contributed by atoms with van der Waals surface area (Å²) >= 11 is 1.72. The highest BCUT2D eigenvalue weighted by Crippen LogP contribution is 2.37. The van der Waals surface area contributed by atoms with Crippen LogP contribution in [0.15, 0.2) is 27.6 Å². The van der Waals surface area contributed by atoms with Gasteiger partial charge in [-0.25, -0.2) is 0 Å². The molecular formula is C15H19N3OS. The van der Waals surface area contributed by atoms with Gasteiger partial charge in [-0.3, -0.25) is 0 Å². The molecule has 1 aromatic heterocycles. The van der Waals surface area contributed by atoms with E-state index in [1.807, 2.05) is 0 Å². The molecule has 20 heavy (non-hydrogen) atoms. The van der Waals surface area contributed by atoms with Gasteiger partial charge in [-0.15, -0.1) is 11.8 Å². The molecule has 1 aromatic carbocycles. The monoisotopic (exact) mass is 289 g/mol. The van der Waals surface area contributed by atoms with Crippen molar-refractivity contribution in [2.45, 2.75) is 49.3 Å². The maximum absolute atomic E-state index is 6.19. The molecule has 0 amide bonds. The molecule has 4 nitrogen and oxygen atoms in total. The van der Waals surface area contributed by atoms with Crippen LogP contribution in [0.25, 0.3) is 0 Å². The lowest BCUT2D eigenvalue weighted by Gasteiger charge is -2.34. The molecule has 0 atom stereocenters. The number of nitrogens with zero attached hydrogens (tertiary/aromatic N) is 2. The Hall–Kier alpha value is -1.33. The average Bonchev–Trinajstić information content (AvgIpc) is 2.84. The number of nitrogens with two attached hydrogens (primary N) is 1. The zero-order chi connectivity index (χ0) is 14.2. The van der Waals surface area contributed by atoms with Crippen LogP contribution in [0.2, 0.25) is 0 Å². The largest absolute Gasteiger partial charge is 0.338 e. The number of aromatic nitrogens is 2. The molecule has 0 unspecified atom stereocenters. The SMILES string of the molecule is Cc1ccc(SCc2nc(C3(N)CCC3)no2)c(C)c1. The van der Waals surface area contributed by atoms with Crippen molar-refractivity contribution in [1.82, 2.24) is 10.1 Å². The maximum Gasteiger partial charge on any atom is 0.237 e. The fraction of sp³-hybridized carbons (Fsp3) is 0.467. The Labute approximate surface area is 123 Å². The second-order valence-electron chi connectivity index (χ2n) is 5.58. The molecule has 1 heterocycles. The van der Waals surface area contributed by atoms with E-state index in [0.29, 0.717) is 17.5 Å². The number of rotatable bonds is 4. The van der Waals surface area contributed by atoms with Gasteiger partial charge in [-0.05, 0) is 44.7 Å². The Morgan fingerprint density at radius 1 is 1.35 bits per heavy atom. The molecule has 2 aromatic rings. The summed E-state index contributed by atoms with van der Waals surface area (Å²) in [6.07, 6.45) is 3.06. The minimum absolute atomic E-state index is 0.341. The molecule has 1 fully saturated rings. The van der Waals surface area contributed by atoms with Crippen LogP contribution >= 0.6 is 11.8 Å². The number of thioether (sulfide) groups is 1. The molecule has 1 aliphatic rings. The molecule has 1 aliphatic carbocycles. The van der Waals surface area contributed by atoms with E-state index in [4.69, 9.17) is 10.3 Å². The quantitative estimate of drug-likeness (QED) is 0.875. The van der Waals surface area contributed by atoms with Crippen molar-refractivity contribution in [2.24, 2.45) is 5.73 Å².